The lowest BCUT2D eigenvalue weighted by molar-refractivity contribution is -0.118. The van der Waals surface area contributed by atoms with Crippen LogP contribution in [0.3, 0.4) is 0 Å². The summed E-state index contributed by atoms with van der Waals surface area (Å²) in [5.74, 6) is 0.524. The van der Waals surface area contributed by atoms with Crippen LogP contribution in [0.5, 0.6) is 0 Å². The SMILES string of the molecule is CCC1(C)CC(=O)N=C1OC. The number of amides is 1. The first kappa shape index (κ1) is 8.24. The number of hydrogen-bond donors (Lipinski definition) is 0. The first-order valence-electron chi connectivity index (χ1n) is 3.78. The molecule has 0 spiro atoms. The first-order valence-corrected chi connectivity index (χ1v) is 3.78. The van der Waals surface area contributed by atoms with Crippen molar-refractivity contribution in [2.45, 2.75) is 26.7 Å². The molecular weight excluding hydrogens is 142 g/mol. The molecule has 1 aliphatic rings. The van der Waals surface area contributed by atoms with E-state index in [0.29, 0.717) is 12.3 Å². The Morgan fingerprint density at radius 2 is 2.36 bits per heavy atom. The van der Waals surface area contributed by atoms with Crippen molar-refractivity contribution in [3.63, 3.8) is 0 Å². The van der Waals surface area contributed by atoms with Crippen LogP contribution in [0.25, 0.3) is 0 Å². The third kappa shape index (κ3) is 1.27. The number of hydrogen-bond acceptors (Lipinski definition) is 2. The molecule has 0 radical (unpaired) electrons. The number of carbonyl (C=O) groups excluding carboxylic acids is 1. The molecule has 3 nitrogen and oxygen atoms in total. The van der Waals surface area contributed by atoms with Gasteiger partial charge in [0.25, 0.3) is 0 Å². The monoisotopic (exact) mass is 155 g/mol. The number of aliphatic imine (C=N–C) groups is 1. The van der Waals surface area contributed by atoms with Crippen molar-refractivity contribution in [2.75, 3.05) is 7.11 Å². The molecule has 0 aromatic heterocycles. The third-order valence-corrected chi connectivity index (χ3v) is 2.26. The second kappa shape index (κ2) is 2.64. The van der Waals surface area contributed by atoms with Gasteiger partial charge in [0.1, 0.15) is 0 Å². The number of carbonyl (C=O) groups is 1. The van der Waals surface area contributed by atoms with Crippen molar-refractivity contribution >= 4 is 11.8 Å². The van der Waals surface area contributed by atoms with Gasteiger partial charge in [-0.2, -0.15) is 4.99 Å². The van der Waals surface area contributed by atoms with Gasteiger partial charge in [-0.15, -0.1) is 0 Å². The minimum absolute atomic E-state index is 0.0637. The van der Waals surface area contributed by atoms with Gasteiger partial charge in [0, 0.05) is 6.42 Å². The molecule has 1 aliphatic heterocycles. The topological polar surface area (TPSA) is 38.7 Å². The molecule has 0 bridgehead atoms. The average Bonchev–Trinajstić information content (AvgIpc) is 2.27. The normalized spacial score (nSPS) is 30.5. The van der Waals surface area contributed by atoms with E-state index in [2.05, 4.69) is 4.99 Å². The summed E-state index contributed by atoms with van der Waals surface area (Å²) in [6.07, 6.45) is 1.39. The molecule has 11 heavy (non-hydrogen) atoms. The molecule has 1 amide bonds. The van der Waals surface area contributed by atoms with E-state index in [1.54, 1.807) is 7.11 Å². The van der Waals surface area contributed by atoms with Gasteiger partial charge in [0.05, 0.1) is 12.5 Å². The highest BCUT2D eigenvalue weighted by atomic mass is 16.5. The quantitative estimate of drug-likeness (QED) is 0.573. The summed E-state index contributed by atoms with van der Waals surface area (Å²) >= 11 is 0. The zero-order chi connectivity index (χ0) is 8.48. The third-order valence-electron chi connectivity index (χ3n) is 2.26. The Labute approximate surface area is 66.5 Å². The molecule has 0 saturated heterocycles. The van der Waals surface area contributed by atoms with Crippen LogP contribution in [0.15, 0.2) is 4.99 Å². The fourth-order valence-electron chi connectivity index (χ4n) is 1.27. The van der Waals surface area contributed by atoms with Crippen molar-refractivity contribution in [2.24, 2.45) is 10.4 Å². The van der Waals surface area contributed by atoms with Crippen molar-refractivity contribution in [3.8, 4) is 0 Å². The first-order chi connectivity index (χ1) is 5.12. The van der Waals surface area contributed by atoms with Gasteiger partial charge in [-0.05, 0) is 6.42 Å². The number of ether oxygens (including phenoxy) is 1. The molecule has 0 aromatic carbocycles. The van der Waals surface area contributed by atoms with E-state index in [9.17, 15) is 4.79 Å². The van der Waals surface area contributed by atoms with Crippen LogP contribution in [-0.2, 0) is 9.53 Å². The molecule has 3 heteroatoms. The highest BCUT2D eigenvalue weighted by molar-refractivity contribution is 6.02. The molecule has 0 aliphatic carbocycles. The summed E-state index contributed by atoms with van der Waals surface area (Å²) in [6, 6.07) is 0. The maximum Gasteiger partial charge on any atom is 0.249 e. The summed E-state index contributed by atoms with van der Waals surface area (Å²) < 4.78 is 5.02. The Kier molecular flexibility index (Phi) is 1.98. The van der Waals surface area contributed by atoms with E-state index in [4.69, 9.17) is 4.74 Å². The number of methoxy groups -OCH3 is 1. The van der Waals surface area contributed by atoms with Crippen LogP contribution in [0.4, 0.5) is 0 Å². The lowest BCUT2D eigenvalue weighted by atomic mass is 9.86. The molecule has 0 fully saturated rings. The number of nitrogens with zero attached hydrogens (tertiary/aromatic N) is 1. The van der Waals surface area contributed by atoms with E-state index >= 15 is 0 Å². The molecule has 1 atom stereocenters. The number of rotatable bonds is 1. The van der Waals surface area contributed by atoms with Gasteiger partial charge < -0.3 is 4.74 Å². The van der Waals surface area contributed by atoms with Gasteiger partial charge in [-0.3, -0.25) is 4.79 Å². The molecule has 0 saturated carbocycles. The van der Waals surface area contributed by atoms with Crippen molar-refractivity contribution < 1.29 is 9.53 Å². The van der Waals surface area contributed by atoms with Gasteiger partial charge in [-0.25, -0.2) is 0 Å². The lowest BCUT2D eigenvalue weighted by Gasteiger charge is -2.20. The Morgan fingerprint density at radius 3 is 2.73 bits per heavy atom. The maximum absolute atomic E-state index is 10.9. The van der Waals surface area contributed by atoms with Crippen LogP contribution in [-0.4, -0.2) is 18.9 Å². The Hall–Kier alpha value is -0.860. The molecule has 1 unspecified atom stereocenters. The minimum atomic E-state index is -0.147. The van der Waals surface area contributed by atoms with Crippen LogP contribution in [0, 0.1) is 5.41 Å². The summed E-state index contributed by atoms with van der Waals surface area (Å²) in [7, 11) is 1.56. The predicted octanol–water partition coefficient (Wildman–Crippen LogP) is 1.38. The molecule has 1 rings (SSSR count). The van der Waals surface area contributed by atoms with E-state index in [-0.39, 0.29) is 11.3 Å². The van der Waals surface area contributed by atoms with E-state index in [1.165, 1.54) is 0 Å². The van der Waals surface area contributed by atoms with Crippen LogP contribution in [0.2, 0.25) is 0 Å². The molecular formula is C8H13NO2. The van der Waals surface area contributed by atoms with Crippen molar-refractivity contribution in [1.29, 1.82) is 0 Å². The molecule has 0 N–H and O–H groups in total. The van der Waals surface area contributed by atoms with Gasteiger partial charge in [0.2, 0.25) is 5.91 Å². The summed E-state index contributed by atoms with van der Waals surface area (Å²) in [6.45, 7) is 4.04. The van der Waals surface area contributed by atoms with E-state index < -0.39 is 0 Å². The van der Waals surface area contributed by atoms with E-state index in [0.717, 1.165) is 6.42 Å². The van der Waals surface area contributed by atoms with Crippen molar-refractivity contribution in [3.05, 3.63) is 0 Å². The lowest BCUT2D eigenvalue weighted by Crippen LogP contribution is -2.24. The highest BCUT2D eigenvalue weighted by Gasteiger charge is 2.38. The smallest absolute Gasteiger partial charge is 0.249 e. The summed E-state index contributed by atoms with van der Waals surface area (Å²) in [5.41, 5.74) is -0.147. The molecule has 62 valence electrons. The molecule has 0 aromatic rings. The largest absolute Gasteiger partial charge is 0.484 e. The Balaban J connectivity index is 2.86. The molecule has 1 heterocycles. The van der Waals surface area contributed by atoms with Gasteiger partial charge >= 0.3 is 0 Å². The van der Waals surface area contributed by atoms with Gasteiger partial charge in [-0.1, -0.05) is 13.8 Å². The Morgan fingerprint density at radius 1 is 1.73 bits per heavy atom. The minimum Gasteiger partial charge on any atom is -0.484 e. The summed E-state index contributed by atoms with van der Waals surface area (Å²) in [5, 5.41) is 0. The fraction of sp³-hybridized carbons (Fsp3) is 0.750. The van der Waals surface area contributed by atoms with Crippen LogP contribution >= 0.6 is 0 Å². The standard InChI is InChI=1S/C8H13NO2/c1-4-8(2)5-6(10)9-7(8)11-3/h4-5H2,1-3H3. The van der Waals surface area contributed by atoms with Crippen LogP contribution < -0.4 is 0 Å². The van der Waals surface area contributed by atoms with Crippen molar-refractivity contribution in [1.82, 2.24) is 0 Å². The Bertz CT molecular complexity index is 210. The second-order valence-electron chi connectivity index (χ2n) is 3.11. The zero-order valence-corrected chi connectivity index (χ0v) is 7.18. The van der Waals surface area contributed by atoms with Gasteiger partial charge in [0.15, 0.2) is 5.90 Å². The fourth-order valence-corrected chi connectivity index (χ4v) is 1.27. The average molecular weight is 155 g/mol. The summed E-state index contributed by atoms with van der Waals surface area (Å²) in [4.78, 5) is 14.7. The predicted molar refractivity (Wildman–Crippen MR) is 42.5 cm³/mol. The second-order valence-corrected chi connectivity index (χ2v) is 3.11. The van der Waals surface area contributed by atoms with Crippen LogP contribution in [0.1, 0.15) is 26.7 Å². The maximum atomic E-state index is 10.9. The highest BCUT2D eigenvalue weighted by Crippen LogP contribution is 2.33. The van der Waals surface area contributed by atoms with E-state index in [1.807, 2.05) is 13.8 Å². The zero-order valence-electron chi connectivity index (χ0n) is 7.18.